The van der Waals surface area contributed by atoms with E-state index >= 15 is 0 Å². The van der Waals surface area contributed by atoms with Crippen LogP contribution >= 0.6 is 0 Å². The van der Waals surface area contributed by atoms with Crippen molar-refractivity contribution in [3.8, 4) is 22.3 Å². The smallest absolute Gasteiger partial charge is 0.135 e. The minimum Gasteiger partial charge on any atom is -0.456 e. The molecule has 0 unspecified atom stereocenters. The van der Waals surface area contributed by atoms with Crippen molar-refractivity contribution in [3.05, 3.63) is 156 Å². The summed E-state index contributed by atoms with van der Waals surface area (Å²) in [5, 5.41) is 2.29. The number of allylic oxidation sites excluding steroid dienone is 1. The number of hydrogen-bond donors (Lipinski definition) is 0. The standard InChI is InChI=1S/C43H33NO/c1-43(2)39-16-7-5-14-35(39)36-22-21-34(27-40(36)43)44(33-20-18-28-10-3-4-11-29(28)24-33)32-13-9-12-30(25-32)31-19-23-42-38(26-31)37-15-6-8-17-41(37)45-42/h4-9,11-27H,3,10H2,1-2H3. The molecule has 0 bridgehead atoms. The third-order valence-corrected chi connectivity index (χ3v) is 9.91. The SMILES string of the molecule is CC1(C)c2ccccc2-c2ccc(N(c3cccc(-c4ccc5oc6ccccc6c5c4)c3)c3ccc4c(c3)C=CCC4)cc21. The zero-order valence-electron chi connectivity index (χ0n) is 25.5. The van der Waals surface area contributed by atoms with Crippen LogP contribution in [0.5, 0.6) is 0 Å². The first-order valence-corrected chi connectivity index (χ1v) is 15.9. The Morgan fingerprint density at radius 2 is 1.33 bits per heavy atom. The van der Waals surface area contributed by atoms with Gasteiger partial charge in [0.2, 0.25) is 0 Å². The molecule has 0 spiro atoms. The molecule has 2 heteroatoms. The van der Waals surface area contributed by atoms with Gasteiger partial charge in [-0.2, -0.15) is 0 Å². The van der Waals surface area contributed by atoms with Crippen LogP contribution in [0, 0.1) is 0 Å². The van der Waals surface area contributed by atoms with Crippen molar-refractivity contribution in [1.29, 1.82) is 0 Å². The van der Waals surface area contributed by atoms with E-state index in [0.717, 1.165) is 40.5 Å². The zero-order valence-corrected chi connectivity index (χ0v) is 25.5. The third-order valence-electron chi connectivity index (χ3n) is 9.91. The van der Waals surface area contributed by atoms with Crippen molar-refractivity contribution >= 4 is 45.1 Å². The Bertz CT molecular complexity index is 2320. The van der Waals surface area contributed by atoms with Gasteiger partial charge in [0.1, 0.15) is 11.2 Å². The summed E-state index contributed by atoms with van der Waals surface area (Å²) >= 11 is 0. The average Bonchev–Trinajstić information content (AvgIpc) is 3.57. The van der Waals surface area contributed by atoms with Crippen molar-refractivity contribution in [2.24, 2.45) is 0 Å². The van der Waals surface area contributed by atoms with Gasteiger partial charge in [0.25, 0.3) is 0 Å². The molecule has 0 fully saturated rings. The normalized spacial score (nSPS) is 14.4. The summed E-state index contributed by atoms with van der Waals surface area (Å²) in [4.78, 5) is 2.43. The maximum absolute atomic E-state index is 6.13. The fourth-order valence-corrected chi connectivity index (χ4v) is 7.56. The fourth-order valence-electron chi connectivity index (χ4n) is 7.56. The first-order chi connectivity index (χ1) is 22.0. The van der Waals surface area contributed by atoms with Gasteiger partial charge in [-0.25, -0.2) is 0 Å². The second kappa shape index (κ2) is 9.84. The molecule has 0 saturated carbocycles. The lowest BCUT2D eigenvalue weighted by Crippen LogP contribution is -2.16. The van der Waals surface area contributed by atoms with Gasteiger partial charge in [0, 0.05) is 33.2 Å². The largest absolute Gasteiger partial charge is 0.456 e. The van der Waals surface area contributed by atoms with Crippen LogP contribution in [0.2, 0.25) is 0 Å². The highest BCUT2D eigenvalue weighted by Crippen LogP contribution is 2.51. The summed E-state index contributed by atoms with van der Waals surface area (Å²) in [7, 11) is 0. The lowest BCUT2D eigenvalue weighted by Gasteiger charge is -2.29. The van der Waals surface area contributed by atoms with E-state index in [9.17, 15) is 0 Å². The van der Waals surface area contributed by atoms with E-state index in [1.807, 2.05) is 12.1 Å². The highest BCUT2D eigenvalue weighted by atomic mass is 16.3. The molecule has 0 amide bonds. The van der Waals surface area contributed by atoms with Gasteiger partial charge in [0.15, 0.2) is 0 Å². The molecule has 1 heterocycles. The third kappa shape index (κ3) is 4.09. The number of benzene rings is 6. The molecule has 45 heavy (non-hydrogen) atoms. The van der Waals surface area contributed by atoms with Gasteiger partial charge in [-0.15, -0.1) is 0 Å². The second-order valence-corrected chi connectivity index (χ2v) is 12.9. The van der Waals surface area contributed by atoms with Gasteiger partial charge in [-0.1, -0.05) is 98.8 Å². The summed E-state index contributed by atoms with van der Waals surface area (Å²) in [5.41, 5.74) is 15.8. The molecule has 7 aromatic rings. The minimum atomic E-state index is -0.0726. The predicted octanol–water partition coefficient (Wildman–Crippen LogP) is 12.0. The molecule has 2 aliphatic rings. The van der Waals surface area contributed by atoms with Gasteiger partial charge < -0.3 is 9.32 Å². The Morgan fingerprint density at radius 1 is 0.578 bits per heavy atom. The molecule has 6 aromatic carbocycles. The number of fused-ring (bicyclic) bond motifs is 7. The monoisotopic (exact) mass is 579 g/mol. The first kappa shape index (κ1) is 26.1. The van der Waals surface area contributed by atoms with E-state index in [0.29, 0.717) is 0 Å². The van der Waals surface area contributed by atoms with Crippen LogP contribution in [-0.2, 0) is 11.8 Å². The van der Waals surface area contributed by atoms with E-state index in [4.69, 9.17) is 4.42 Å². The van der Waals surface area contributed by atoms with E-state index in [1.54, 1.807) is 0 Å². The highest BCUT2D eigenvalue weighted by Gasteiger charge is 2.35. The van der Waals surface area contributed by atoms with Crippen LogP contribution < -0.4 is 4.90 Å². The topological polar surface area (TPSA) is 16.4 Å². The molecule has 0 saturated heterocycles. The Kier molecular flexibility index (Phi) is 5.70. The Hall–Kier alpha value is -5.34. The van der Waals surface area contributed by atoms with Gasteiger partial charge in [-0.3, -0.25) is 0 Å². The number of hydrogen-bond acceptors (Lipinski definition) is 2. The average molecular weight is 580 g/mol. The summed E-state index contributed by atoms with van der Waals surface area (Å²) in [5.74, 6) is 0. The number of para-hydroxylation sites is 1. The molecule has 216 valence electrons. The molecular formula is C43H33NO. The van der Waals surface area contributed by atoms with Crippen LogP contribution in [0.4, 0.5) is 17.1 Å². The van der Waals surface area contributed by atoms with Crippen molar-refractivity contribution in [3.63, 3.8) is 0 Å². The van der Waals surface area contributed by atoms with Gasteiger partial charge in [-0.05, 0) is 112 Å². The van der Waals surface area contributed by atoms with E-state index in [1.165, 1.54) is 55.9 Å². The van der Waals surface area contributed by atoms with Crippen LogP contribution in [0.25, 0.3) is 50.3 Å². The molecule has 2 aliphatic carbocycles. The molecule has 0 aliphatic heterocycles. The highest BCUT2D eigenvalue weighted by molar-refractivity contribution is 6.06. The van der Waals surface area contributed by atoms with Gasteiger partial charge >= 0.3 is 0 Å². The minimum absolute atomic E-state index is 0.0726. The number of furan rings is 1. The van der Waals surface area contributed by atoms with E-state index in [-0.39, 0.29) is 5.41 Å². The number of anilines is 3. The summed E-state index contributed by atoms with van der Waals surface area (Å²) in [6, 6.07) is 46.6. The quantitative estimate of drug-likeness (QED) is 0.206. The fraction of sp³-hybridized carbons (Fsp3) is 0.116. The summed E-state index contributed by atoms with van der Waals surface area (Å²) < 4.78 is 6.13. The lowest BCUT2D eigenvalue weighted by molar-refractivity contribution is 0.660. The van der Waals surface area contributed by atoms with Crippen molar-refractivity contribution in [2.45, 2.75) is 32.1 Å². The first-order valence-electron chi connectivity index (χ1n) is 15.9. The maximum atomic E-state index is 6.13. The molecule has 0 atom stereocenters. The molecule has 0 radical (unpaired) electrons. The van der Waals surface area contributed by atoms with Gasteiger partial charge in [0.05, 0.1) is 0 Å². The second-order valence-electron chi connectivity index (χ2n) is 12.9. The van der Waals surface area contributed by atoms with E-state index < -0.39 is 0 Å². The van der Waals surface area contributed by atoms with E-state index in [2.05, 4.69) is 146 Å². The number of aryl methyl sites for hydroxylation is 1. The van der Waals surface area contributed by atoms with Crippen LogP contribution in [0.15, 0.2) is 138 Å². The van der Waals surface area contributed by atoms with Crippen molar-refractivity contribution in [2.75, 3.05) is 4.90 Å². The maximum Gasteiger partial charge on any atom is 0.135 e. The molecular weight excluding hydrogens is 546 g/mol. The Balaban J connectivity index is 1.21. The zero-order chi connectivity index (χ0) is 30.1. The van der Waals surface area contributed by atoms with Crippen molar-refractivity contribution < 1.29 is 4.42 Å². The summed E-state index contributed by atoms with van der Waals surface area (Å²) in [6.45, 7) is 4.71. The van der Waals surface area contributed by atoms with Crippen LogP contribution in [0.3, 0.4) is 0 Å². The van der Waals surface area contributed by atoms with Crippen LogP contribution in [0.1, 0.15) is 42.5 Å². The molecule has 2 nitrogen and oxygen atoms in total. The van der Waals surface area contributed by atoms with Crippen molar-refractivity contribution in [1.82, 2.24) is 0 Å². The lowest BCUT2D eigenvalue weighted by atomic mass is 9.82. The molecule has 9 rings (SSSR count). The number of rotatable bonds is 4. The molecule has 1 aromatic heterocycles. The Morgan fingerprint density at radius 3 is 2.29 bits per heavy atom. The predicted molar refractivity (Wildman–Crippen MR) is 189 cm³/mol. The molecule has 0 N–H and O–H groups in total. The van der Waals surface area contributed by atoms with Crippen LogP contribution in [-0.4, -0.2) is 0 Å². The number of nitrogens with zero attached hydrogens (tertiary/aromatic N) is 1. The summed E-state index contributed by atoms with van der Waals surface area (Å²) in [6.07, 6.45) is 6.78. The Labute approximate surface area is 263 Å².